The molecule has 1 aromatic carbocycles. The Bertz CT molecular complexity index is 516. The third kappa shape index (κ3) is 2.96. The molecule has 0 atom stereocenters. The third-order valence-electron chi connectivity index (χ3n) is 2.44. The molecule has 0 radical (unpaired) electrons. The van der Waals surface area contributed by atoms with Crippen molar-refractivity contribution in [2.45, 2.75) is 6.42 Å². The van der Waals surface area contributed by atoms with Gasteiger partial charge in [0.2, 0.25) is 0 Å². The molecular weight excluding hydrogens is 300 g/mol. The summed E-state index contributed by atoms with van der Waals surface area (Å²) in [5, 5.41) is 3.79. The van der Waals surface area contributed by atoms with E-state index >= 15 is 0 Å². The number of rotatable bonds is 4. The Morgan fingerprint density at radius 1 is 1.29 bits per heavy atom. The summed E-state index contributed by atoms with van der Waals surface area (Å²) in [5.74, 6) is 0.932. The van der Waals surface area contributed by atoms with Crippen LogP contribution < -0.4 is 4.74 Å². The van der Waals surface area contributed by atoms with Gasteiger partial charge in [-0.15, -0.1) is 0 Å². The lowest BCUT2D eigenvalue weighted by molar-refractivity contribution is 0.0992. The second kappa shape index (κ2) is 5.47. The van der Waals surface area contributed by atoms with Crippen molar-refractivity contribution in [2.75, 3.05) is 7.11 Å². The number of Topliss-reactive ketones (excluding diaryl/α,β-unsaturated/α-hetero) is 1. The Morgan fingerprint density at radius 3 is 2.53 bits per heavy atom. The Morgan fingerprint density at radius 2 is 2.00 bits per heavy atom. The van der Waals surface area contributed by atoms with E-state index in [9.17, 15) is 4.79 Å². The molecule has 0 N–H and O–H groups in total. The van der Waals surface area contributed by atoms with E-state index in [0.29, 0.717) is 6.42 Å². The number of ketones is 1. The maximum Gasteiger partial charge on any atom is 0.169 e. The minimum absolute atomic E-state index is 0.128. The number of carbonyl (C=O) groups is 1. The zero-order valence-corrected chi connectivity index (χ0v) is 11.7. The zero-order valence-electron chi connectivity index (χ0n) is 9.27. The molecule has 0 spiro atoms. The number of hydrogen-bond acceptors (Lipinski definition) is 3. The number of thiophene rings is 1. The molecule has 2 nitrogen and oxygen atoms in total. The molecule has 0 saturated heterocycles. The highest BCUT2D eigenvalue weighted by atomic mass is 79.9. The van der Waals surface area contributed by atoms with Gasteiger partial charge in [0.05, 0.1) is 7.11 Å². The molecule has 0 bridgehead atoms. The molecule has 88 valence electrons. The molecule has 0 aliphatic heterocycles. The van der Waals surface area contributed by atoms with Crippen molar-refractivity contribution in [3.05, 3.63) is 50.6 Å². The van der Waals surface area contributed by atoms with Crippen LogP contribution in [0.2, 0.25) is 0 Å². The summed E-state index contributed by atoms with van der Waals surface area (Å²) in [6.45, 7) is 0. The quantitative estimate of drug-likeness (QED) is 0.799. The number of methoxy groups -OCH3 is 1. The highest BCUT2D eigenvalue weighted by Gasteiger charge is 2.11. The smallest absolute Gasteiger partial charge is 0.169 e. The van der Waals surface area contributed by atoms with Crippen molar-refractivity contribution in [3.8, 4) is 5.75 Å². The molecule has 0 amide bonds. The SMILES string of the molecule is COc1ccc(CC(=O)c2cscc2Br)cc1. The van der Waals surface area contributed by atoms with Crippen LogP contribution in [0.1, 0.15) is 15.9 Å². The summed E-state index contributed by atoms with van der Waals surface area (Å²) < 4.78 is 5.95. The van der Waals surface area contributed by atoms with E-state index in [0.717, 1.165) is 21.3 Å². The number of ether oxygens (including phenoxy) is 1. The predicted octanol–water partition coefficient (Wildman–Crippen LogP) is 3.94. The van der Waals surface area contributed by atoms with E-state index in [-0.39, 0.29) is 5.78 Å². The summed E-state index contributed by atoms with van der Waals surface area (Å²) >= 11 is 4.90. The molecule has 2 rings (SSSR count). The predicted molar refractivity (Wildman–Crippen MR) is 73.0 cm³/mol. The molecule has 0 fully saturated rings. The maximum absolute atomic E-state index is 12.0. The zero-order chi connectivity index (χ0) is 12.3. The van der Waals surface area contributed by atoms with Crippen LogP contribution in [0.5, 0.6) is 5.75 Å². The molecule has 0 aliphatic carbocycles. The molecule has 4 heteroatoms. The van der Waals surface area contributed by atoms with Crippen LogP contribution in [0.15, 0.2) is 39.5 Å². The van der Waals surface area contributed by atoms with Gasteiger partial charge < -0.3 is 4.74 Å². The van der Waals surface area contributed by atoms with Crippen LogP contribution >= 0.6 is 27.3 Å². The minimum Gasteiger partial charge on any atom is -0.497 e. The van der Waals surface area contributed by atoms with Gasteiger partial charge in [0.25, 0.3) is 0 Å². The van der Waals surface area contributed by atoms with Gasteiger partial charge in [0.1, 0.15) is 5.75 Å². The Hall–Kier alpha value is -1.13. The maximum atomic E-state index is 12.0. The van der Waals surface area contributed by atoms with E-state index in [2.05, 4.69) is 15.9 Å². The average molecular weight is 311 g/mol. The topological polar surface area (TPSA) is 26.3 Å². The number of carbonyl (C=O) groups excluding carboxylic acids is 1. The van der Waals surface area contributed by atoms with E-state index < -0.39 is 0 Å². The lowest BCUT2D eigenvalue weighted by atomic mass is 10.1. The summed E-state index contributed by atoms with van der Waals surface area (Å²) in [7, 11) is 1.63. The van der Waals surface area contributed by atoms with Gasteiger partial charge in [0, 0.05) is 27.2 Å². The van der Waals surface area contributed by atoms with Crippen LogP contribution in [0, 0.1) is 0 Å². The highest BCUT2D eigenvalue weighted by molar-refractivity contribution is 9.10. The Balaban J connectivity index is 2.10. The lowest BCUT2D eigenvalue weighted by Crippen LogP contribution is -2.02. The lowest BCUT2D eigenvalue weighted by Gasteiger charge is -2.02. The van der Waals surface area contributed by atoms with Crippen LogP contribution in [-0.4, -0.2) is 12.9 Å². The molecule has 17 heavy (non-hydrogen) atoms. The summed E-state index contributed by atoms with van der Waals surface area (Å²) in [5.41, 5.74) is 1.75. The van der Waals surface area contributed by atoms with Crippen molar-refractivity contribution in [1.82, 2.24) is 0 Å². The Kier molecular flexibility index (Phi) is 3.97. The van der Waals surface area contributed by atoms with Gasteiger partial charge in [-0.05, 0) is 33.6 Å². The molecule has 1 aromatic heterocycles. The van der Waals surface area contributed by atoms with E-state index in [1.165, 1.54) is 11.3 Å². The average Bonchev–Trinajstić information content (AvgIpc) is 2.76. The number of hydrogen-bond donors (Lipinski definition) is 0. The van der Waals surface area contributed by atoms with Crippen molar-refractivity contribution in [1.29, 1.82) is 0 Å². The Labute approximate surface area is 112 Å². The van der Waals surface area contributed by atoms with Gasteiger partial charge in [-0.2, -0.15) is 11.3 Å². The van der Waals surface area contributed by atoms with E-state index in [1.54, 1.807) is 7.11 Å². The number of benzene rings is 1. The van der Waals surface area contributed by atoms with Crippen LogP contribution in [0.3, 0.4) is 0 Å². The van der Waals surface area contributed by atoms with Crippen molar-refractivity contribution < 1.29 is 9.53 Å². The third-order valence-corrected chi connectivity index (χ3v) is 4.14. The van der Waals surface area contributed by atoms with Gasteiger partial charge in [-0.3, -0.25) is 4.79 Å². The first-order valence-electron chi connectivity index (χ1n) is 5.08. The second-order valence-corrected chi connectivity index (χ2v) is 5.18. The highest BCUT2D eigenvalue weighted by Crippen LogP contribution is 2.23. The first-order chi connectivity index (χ1) is 8.20. The molecule has 0 aliphatic rings. The van der Waals surface area contributed by atoms with Crippen molar-refractivity contribution in [2.24, 2.45) is 0 Å². The summed E-state index contributed by atoms with van der Waals surface area (Å²) in [6.07, 6.45) is 0.416. The summed E-state index contributed by atoms with van der Waals surface area (Å²) in [6, 6.07) is 7.56. The van der Waals surface area contributed by atoms with Crippen LogP contribution in [-0.2, 0) is 6.42 Å². The normalized spacial score (nSPS) is 10.2. The second-order valence-electron chi connectivity index (χ2n) is 3.58. The molecular formula is C13H11BrO2S. The number of halogens is 1. The monoisotopic (exact) mass is 310 g/mol. The molecule has 0 saturated carbocycles. The van der Waals surface area contributed by atoms with Gasteiger partial charge in [-0.1, -0.05) is 12.1 Å². The molecule has 0 unspecified atom stereocenters. The molecule has 1 heterocycles. The van der Waals surface area contributed by atoms with Gasteiger partial charge in [0.15, 0.2) is 5.78 Å². The van der Waals surface area contributed by atoms with E-state index in [4.69, 9.17) is 4.74 Å². The van der Waals surface area contributed by atoms with Gasteiger partial charge >= 0.3 is 0 Å². The summed E-state index contributed by atoms with van der Waals surface area (Å²) in [4.78, 5) is 12.0. The van der Waals surface area contributed by atoms with Crippen molar-refractivity contribution >= 4 is 33.0 Å². The van der Waals surface area contributed by atoms with Gasteiger partial charge in [-0.25, -0.2) is 0 Å². The first-order valence-corrected chi connectivity index (χ1v) is 6.82. The standard InChI is InChI=1S/C13H11BrO2S/c1-16-10-4-2-9(3-5-10)6-13(15)11-7-17-8-12(11)14/h2-5,7-8H,6H2,1H3. The van der Waals surface area contributed by atoms with Crippen LogP contribution in [0.4, 0.5) is 0 Å². The molecule has 2 aromatic rings. The fraction of sp³-hybridized carbons (Fsp3) is 0.154. The van der Waals surface area contributed by atoms with Crippen molar-refractivity contribution in [3.63, 3.8) is 0 Å². The largest absolute Gasteiger partial charge is 0.497 e. The van der Waals surface area contributed by atoms with E-state index in [1.807, 2.05) is 35.0 Å². The fourth-order valence-corrected chi connectivity index (χ4v) is 3.02. The minimum atomic E-state index is 0.128. The first kappa shape index (κ1) is 12.3. The van der Waals surface area contributed by atoms with Crippen LogP contribution in [0.25, 0.3) is 0 Å². The fourth-order valence-electron chi connectivity index (χ4n) is 1.50.